The Morgan fingerprint density at radius 2 is 1.95 bits per heavy atom. The van der Waals surface area contributed by atoms with E-state index in [1.54, 1.807) is 6.07 Å². The van der Waals surface area contributed by atoms with Gasteiger partial charge in [0.05, 0.1) is 6.61 Å². The SMILES string of the molecule is O=S(=O)(Cl)c1ccc(N2CCN(CCO)CC2)nc1. The molecule has 0 saturated carbocycles. The summed E-state index contributed by atoms with van der Waals surface area (Å²) in [6.45, 7) is 4.18. The first-order valence-electron chi connectivity index (χ1n) is 5.99. The third-order valence-corrected chi connectivity index (χ3v) is 4.45. The molecule has 0 aliphatic carbocycles. The maximum Gasteiger partial charge on any atom is 0.262 e. The molecule has 1 N–H and O–H groups in total. The Morgan fingerprint density at radius 1 is 1.26 bits per heavy atom. The highest BCUT2D eigenvalue weighted by molar-refractivity contribution is 8.13. The maximum atomic E-state index is 11.1. The molecule has 0 aromatic carbocycles. The van der Waals surface area contributed by atoms with Crippen LogP contribution in [0.2, 0.25) is 0 Å². The summed E-state index contributed by atoms with van der Waals surface area (Å²) >= 11 is 0. The molecular formula is C11H16ClN3O3S. The van der Waals surface area contributed by atoms with Gasteiger partial charge in [-0.3, -0.25) is 4.90 Å². The van der Waals surface area contributed by atoms with Gasteiger partial charge in [-0.1, -0.05) is 0 Å². The van der Waals surface area contributed by atoms with Crippen molar-refractivity contribution in [2.45, 2.75) is 4.90 Å². The molecule has 6 nitrogen and oxygen atoms in total. The molecule has 19 heavy (non-hydrogen) atoms. The molecule has 0 bridgehead atoms. The van der Waals surface area contributed by atoms with Crippen molar-refractivity contribution in [3.05, 3.63) is 18.3 Å². The molecule has 0 radical (unpaired) electrons. The number of β-amino-alcohol motifs (C(OH)–C–C–N with tert-alkyl or cyclic N) is 1. The van der Waals surface area contributed by atoms with Gasteiger partial charge >= 0.3 is 0 Å². The number of nitrogens with zero attached hydrogens (tertiary/aromatic N) is 3. The van der Waals surface area contributed by atoms with Crippen LogP contribution in [0.25, 0.3) is 0 Å². The normalized spacial score (nSPS) is 17.7. The molecule has 0 unspecified atom stereocenters. The predicted molar refractivity (Wildman–Crippen MR) is 73.0 cm³/mol. The summed E-state index contributed by atoms with van der Waals surface area (Å²) in [6.07, 6.45) is 1.28. The monoisotopic (exact) mass is 305 g/mol. The van der Waals surface area contributed by atoms with Crippen LogP contribution in [-0.2, 0) is 9.05 Å². The molecule has 1 aliphatic rings. The van der Waals surface area contributed by atoms with Gasteiger partial charge in [0.15, 0.2) is 0 Å². The molecule has 8 heteroatoms. The van der Waals surface area contributed by atoms with Gasteiger partial charge in [0, 0.05) is 49.6 Å². The number of anilines is 1. The van der Waals surface area contributed by atoms with Crippen molar-refractivity contribution in [2.24, 2.45) is 0 Å². The first-order valence-corrected chi connectivity index (χ1v) is 8.30. The lowest BCUT2D eigenvalue weighted by atomic mass is 10.3. The molecule has 0 atom stereocenters. The van der Waals surface area contributed by atoms with Gasteiger partial charge in [-0.15, -0.1) is 0 Å². The fraction of sp³-hybridized carbons (Fsp3) is 0.545. The second-order valence-electron chi connectivity index (χ2n) is 4.34. The average molecular weight is 306 g/mol. The fourth-order valence-electron chi connectivity index (χ4n) is 2.05. The van der Waals surface area contributed by atoms with E-state index in [1.165, 1.54) is 12.3 Å². The minimum atomic E-state index is -3.71. The smallest absolute Gasteiger partial charge is 0.262 e. The summed E-state index contributed by atoms with van der Waals surface area (Å²) in [5.74, 6) is 0.743. The van der Waals surface area contributed by atoms with Gasteiger partial charge in [-0.2, -0.15) is 0 Å². The lowest BCUT2D eigenvalue weighted by Gasteiger charge is -2.35. The highest BCUT2D eigenvalue weighted by atomic mass is 35.7. The zero-order valence-corrected chi connectivity index (χ0v) is 11.9. The highest BCUT2D eigenvalue weighted by Crippen LogP contribution is 2.18. The Labute approximate surface area is 117 Å². The summed E-state index contributed by atoms with van der Waals surface area (Å²) in [5.41, 5.74) is 0. The highest BCUT2D eigenvalue weighted by Gasteiger charge is 2.18. The molecule has 106 valence electrons. The van der Waals surface area contributed by atoms with Crippen molar-refractivity contribution >= 4 is 25.6 Å². The van der Waals surface area contributed by atoms with Crippen molar-refractivity contribution in [3.8, 4) is 0 Å². The van der Waals surface area contributed by atoms with Gasteiger partial charge < -0.3 is 10.0 Å². The van der Waals surface area contributed by atoms with E-state index < -0.39 is 9.05 Å². The molecule has 1 fully saturated rings. The minimum absolute atomic E-state index is 0.0110. The van der Waals surface area contributed by atoms with E-state index in [0.717, 1.165) is 32.0 Å². The van der Waals surface area contributed by atoms with Crippen LogP contribution in [0, 0.1) is 0 Å². The van der Waals surface area contributed by atoms with Crippen LogP contribution in [0.3, 0.4) is 0 Å². The summed E-state index contributed by atoms with van der Waals surface area (Å²) < 4.78 is 22.2. The van der Waals surface area contributed by atoms with E-state index in [1.807, 2.05) is 0 Å². The van der Waals surface area contributed by atoms with Crippen LogP contribution in [0.1, 0.15) is 0 Å². The van der Waals surface area contributed by atoms with E-state index in [9.17, 15) is 8.42 Å². The number of pyridine rings is 1. The predicted octanol–water partition coefficient (Wildman–Crippen LogP) is 0.123. The van der Waals surface area contributed by atoms with Gasteiger partial charge in [-0.05, 0) is 12.1 Å². The van der Waals surface area contributed by atoms with E-state index in [4.69, 9.17) is 15.8 Å². The standard InChI is InChI=1S/C11H16ClN3O3S/c12-19(17,18)10-1-2-11(13-9-10)15-5-3-14(4-6-15)7-8-16/h1-2,9,16H,3-8H2. The number of aromatic nitrogens is 1. The quantitative estimate of drug-likeness (QED) is 0.797. The Bertz CT molecular complexity index is 512. The van der Waals surface area contributed by atoms with Crippen molar-refractivity contribution in [1.82, 2.24) is 9.88 Å². The molecule has 0 spiro atoms. The second kappa shape index (κ2) is 6.04. The number of hydrogen-bond donors (Lipinski definition) is 1. The number of piperazine rings is 1. The number of aliphatic hydroxyl groups is 1. The summed E-state index contributed by atoms with van der Waals surface area (Å²) in [6, 6.07) is 3.13. The first kappa shape index (κ1) is 14.5. The zero-order valence-electron chi connectivity index (χ0n) is 10.4. The molecule has 2 heterocycles. The summed E-state index contributed by atoms with van der Waals surface area (Å²) in [7, 11) is 1.53. The average Bonchev–Trinajstić information content (AvgIpc) is 2.39. The van der Waals surface area contributed by atoms with Crippen molar-refractivity contribution in [1.29, 1.82) is 0 Å². The van der Waals surface area contributed by atoms with Crippen LogP contribution in [0.4, 0.5) is 5.82 Å². The number of aliphatic hydroxyl groups excluding tert-OH is 1. The minimum Gasteiger partial charge on any atom is -0.395 e. The van der Waals surface area contributed by atoms with Crippen LogP contribution >= 0.6 is 10.7 Å². The Hall–Kier alpha value is -0.890. The summed E-state index contributed by atoms with van der Waals surface area (Å²) in [5, 5.41) is 8.87. The van der Waals surface area contributed by atoms with E-state index in [0.29, 0.717) is 6.54 Å². The Kier molecular flexibility index (Phi) is 4.62. The van der Waals surface area contributed by atoms with Crippen LogP contribution in [-0.4, -0.2) is 62.7 Å². The first-order chi connectivity index (χ1) is 9.00. The van der Waals surface area contributed by atoms with Crippen molar-refractivity contribution in [2.75, 3.05) is 44.2 Å². The van der Waals surface area contributed by atoms with Gasteiger partial charge in [-0.25, -0.2) is 13.4 Å². The van der Waals surface area contributed by atoms with Crippen LogP contribution in [0.15, 0.2) is 23.2 Å². The van der Waals surface area contributed by atoms with Crippen LogP contribution < -0.4 is 4.90 Å². The lowest BCUT2D eigenvalue weighted by Crippen LogP contribution is -2.47. The number of halogens is 1. The van der Waals surface area contributed by atoms with Crippen LogP contribution in [0.5, 0.6) is 0 Å². The van der Waals surface area contributed by atoms with Gasteiger partial charge in [0.1, 0.15) is 10.7 Å². The molecule has 1 aromatic rings. The van der Waals surface area contributed by atoms with E-state index in [-0.39, 0.29) is 11.5 Å². The largest absolute Gasteiger partial charge is 0.395 e. The number of rotatable bonds is 4. The topological polar surface area (TPSA) is 73.7 Å². The molecule has 1 saturated heterocycles. The molecular weight excluding hydrogens is 290 g/mol. The van der Waals surface area contributed by atoms with E-state index in [2.05, 4.69) is 14.8 Å². The number of hydrogen-bond acceptors (Lipinski definition) is 6. The van der Waals surface area contributed by atoms with E-state index >= 15 is 0 Å². The fourth-order valence-corrected chi connectivity index (χ4v) is 2.73. The third-order valence-electron chi connectivity index (χ3n) is 3.11. The lowest BCUT2D eigenvalue weighted by molar-refractivity contribution is 0.188. The van der Waals surface area contributed by atoms with Crippen molar-refractivity contribution < 1.29 is 13.5 Å². The van der Waals surface area contributed by atoms with Gasteiger partial charge in [0.2, 0.25) is 0 Å². The third kappa shape index (κ3) is 3.79. The Morgan fingerprint density at radius 3 is 2.42 bits per heavy atom. The molecule has 1 aliphatic heterocycles. The molecule has 2 rings (SSSR count). The second-order valence-corrected chi connectivity index (χ2v) is 6.91. The molecule has 0 amide bonds. The van der Waals surface area contributed by atoms with Gasteiger partial charge in [0.25, 0.3) is 9.05 Å². The maximum absolute atomic E-state index is 11.1. The Balaban J connectivity index is 2.00. The molecule has 1 aromatic heterocycles. The van der Waals surface area contributed by atoms with Crippen molar-refractivity contribution in [3.63, 3.8) is 0 Å². The zero-order chi connectivity index (χ0) is 13.9. The summed E-state index contributed by atoms with van der Waals surface area (Å²) in [4.78, 5) is 8.40.